The van der Waals surface area contributed by atoms with E-state index < -0.39 is 45.4 Å². The number of ether oxygens (including phenoxy) is 3. The van der Waals surface area contributed by atoms with Crippen molar-refractivity contribution < 1.29 is 36.8 Å². The number of fused-ring (bicyclic) bond motifs is 1. The first-order valence-electron chi connectivity index (χ1n) is 6.97. The SMILES string of the molecule is O=C(OC1C2CC3C(=O)OC1C3O2)c1cccc(S(=O)(=O)[O-])c1. The first kappa shape index (κ1) is 14.6. The number of hydrogen-bond donors (Lipinski definition) is 0. The van der Waals surface area contributed by atoms with Crippen LogP contribution < -0.4 is 0 Å². The standard InChI is InChI=1S/C14H12O8S/c15-13(6-2-1-3-7(4-6)23(17,18)19)21-11-9-5-8-10(20-9)12(11)22-14(8)16/h1-4,8-12H,5H2,(H,17,18,19)/p-1. The number of benzene rings is 1. The summed E-state index contributed by atoms with van der Waals surface area (Å²) in [7, 11) is -4.66. The molecule has 3 aliphatic rings. The van der Waals surface area contributed by atoms with E-state index in [0.717, 1.165) is 12.1 Å². The number of hydrogen-bond acceptors (Lipinski definition) is 8. The summed E-state index contributed by atoms with van der Waals surface area (Å²) in [4.78, 5) is 23.3. The van der Waals surface area contributed by atoms with Crippen molar-refractivity contribution in [2.24, 2.45) is 5.92 Å². The lowest BCUT2D eigenvalue weighted by molar-refractivity contribution is -0.145. The van der Waals surface area contributed by atoms with Crippen molar-refractivity contribution in [3.8, 4) is 0 Å². The van der Waals surface area contributed by atoms with Crippen LogP contribution in [0.4, 0.5) is 0 Å². The molecule has 5 unspecified atom stereocenters. The summed E-state index contributed by atoms with van der Waals surface area (Å²) < 4.78 is 49.1. The summed E-state index contributed by atoms with van der Waals surface area (Å²) in [6.45, 7) is 0. The van der Waals surface area contributed by atoms with Crippen LogP contribution in [0.15, 0.2) is 29.2 Å². The van der Waals surface area contributed by atoms with E-state index >= 15 is 0 Å². The van der Waals surface area contributed by atoms with Gasteiger partial charge in [0.15, 0.2) is 12.2 Å². The predicted molar refractivity (Wildman–Crippen MR) is 70.3 cm³/mol. The summed E-state index contributed by atoms with van der Waals surface area (Å²) >= 11 is 0. The highest BCUT2D eigenvalue weighted by Gasteiger charge is 2.65. The molecule has 3 saturated heterocycles. The van der Waals surface area contributed by atoms with Crippen LogP contribution in [0.3, 0.4) is 0 Å². The molecule has 0 saturated carbocycles. The topological polar surface area (TPSA) is 119 Å². The summed E-state index contributed by atoms with van der Waals surface area (Å²) in [6.07, 6.45) is -1.70. The molecule has 2 bridgehead atoms. The maximum atomic E-state index is 12.2. The van der Waals surface area contributed by atoms with Crippen molar-refractivity contribution in [2.45, 2.75) is 35.7 Å². The quantitative estimate of drug-likeness (QED) is 0.550. The zero-order valence-corrected chi connectivity index (χ0v) is 12.4. The van der Waals surface area contributed by atoms with E-state index in [1.165, 1.54) is 12.1 Å². The molecule has 8 nitrogen and oxygen atoms in total. The molecular formula is C14H11O8S-. The maximum Gasteiger partial charge on any atom is 0.338 e. The summed E-state index contributed by atoms with van der Waals surface area (Å²) in [5.41, 5.74) is -0.0643. The molecular weight excluding hydrogens is 328 g/mol. The first-order valence-corrected chi connectivity index (χ1v) is 8.38. The second-order valence-corrected chi connectivity index (χ2v) is 7.11. The summed E-state index contributed by atoms with van der Waals surface area (Å²) in [5.74, 6) is -1.44. The van der Waals surface area contributed by atoms with E-state index in [2.05, 4.69) is 0 Å². The molecule has 9 heteroatoms. The van der Waals surface area contributed by atoms with Gasteiger partial charge in [0.1, 0.15) is 16.2 Å². The van der Waals surface area contributed by atoms with Crippen LogP contribution in [0, 0.1) is 5.92 Å². The lowest BCUT2D eigenvalue weighted by Crippen LogP contribution is -2.40. The molecule has 23 heavy (non-hydrogen) atoms. The number of esters is 2. The lowest BCUT2D eigenvalue weighted by atomic mass is 9.88. The van der Waals surface area contributed by atoms with E-state index in [4.69, 9.17) is 14.2 Å². The van der Waals surface area contributed by atoms with Gasteiger partial charge < -0.3 is 18.8 Å². The Kier molecular flexibility index (Phi) is 3.03. The third kappa shape index (κ3) is 2.23. The van der Waals surface area contributed by atoms with Crippen LogP contribution in [0.25, 0.3) is 0 Å². The minimum absolute atomic E-state index is 0.0643. The smallest absolute Gasteiger partial charge is 0.338 e. The van der Waals surface area contributed by atoms with Crippen molar-refractivity contribution in [2.75, 3.05) is 0 Å². The average Bonchev–Trinajstić information content (AvgIpc) is 3.11. The largest absolute Gasteiger partial charge is 0.744 e. The van der Waals surface area contributed by atoms with Gasteiger partial charge in [-0.25, -0.2) is 13.2 Å². The van der Waals surface area contributed by atoms with Gasteiger partial charge in [-0.2, -0.15) is 0 Å². The van der Waals surface area contributed by atoms with Crippen molar-refractivity contribution in [3.63, 3.8) is 0 Å². The van der Waals surface area contributed by atoms with E-state index in [1.54, 1.807) is 0 Å². The molecule has 1 aromatic rings. The fourth-order valence-electron chi connectivity index (χ4n) is 3.35. The van der Waals surface area contributed by atoms with Crippen molar-refractivity contribution >= 4 is 22.1 Å². The fraction of sp³-hybridized carbons (Fsp3) is 0.429. The highest BCUT2D eigenvalue weighted by molar-refractivity contribution is 7.85. The second-order valence-electron chi connectivity index (χ2n) is 5.73. The Labute approximate surface area is 131 Å². The molecule has 3 heterocycles. The van der Waals surface area contributed by atoms with Gasteiger partial charge in [-0.05, 0) is 24.6 Å². The molecule has 1 aromatic carbocycles. The van der Waals surface area contributed by atoms with Crippen LogP contribution in [-0.4, -0.2) is 49.3 Å². The Morgan fingerprint density at radius 1 is 1.30 bits per heavy atom. The Morgan fingerprint density at radius 3 is 2.83 bits per heavy atom. The highest BCUT2D eigenvalue weighted by Crippen LogP contribution is 2.47. The lowest BCUT2D eigenvalue weighted by Gasteiger charge is -2.22. The number of carbonyl (C=O) groups excluding carboxylic acids is 2. The molecule has 3 fully saturated rings. The number of carbonyl (C=O) groups is 2. The summed E-state index contributed by atoms with van der Waals surface area (Å²) in [6, 6.07) is 4.68. The molecule has 122 valence electrons. The van der Waals surface area contributed by atoms with Gasteiger partial charge in [0, 0.05) is 0 Å². The van der Waals surface area contributed by atoms with Gasteiger partial charge in [-0.1, -0.05) is 6.07 Å². The fourth-order valence-corrected chi connectivity index (χ4v) is 3.87. The van der Waals surface area contributed by atoms with Gasteiger partial charge in [-0.3, -0.25) is 4.79 Å². The minimum Gasteiger partial charge on any atom is -0.744 e. The van der Waals surface area contributed by atoms with Crippen molar-refractivity contribution in [3.05, 3.63) is 29.8 Å². The second kappa shape index (κ2) is 4.76. The molecule has 0 aliphatic carbocycles. The third-order valence-corrected chi connectivity index (χ3v) is 5.22. The van der Waals surface area contributed by atoms with Gasteiger partial charge >= 0.3 is 11.9 Å². The molecule has 0 spiro atoms. The van der Waals surface area contributed by atoms with Gasteiger partial charge in [0.05, 0.1) is 22.5 Å². The van der Waals surface area contributed by atoms with Crippen LogP contribution in [0.1, 0.15) is 16.8 Å². The number of rotatable bonds is 3. The summed E-state index contributed by atoms with van der Waals surface area (Å²) in [5, 5.41) is 0. The average molecular weight is 339 g/mol. The Hall–Kier alpha value is -1.97. The molecule has 0 N–H and O–H groups in total. The Bertz CT molecular complexity index is 801. The van der Waals surface area contributed by atoms with Gasteiger partial charge in [0.2, 0.25) is 0 Å². The highest BCUT2D eigenvalue weighted by atomic mass is 32.2. The molecule has 0 radical (unpaired) electrons. The van der Waals surface area contributed by atoms with Crippen LogP contribution in [0.5, 0.6) is 0 Å². The zero-order valence-electron chi connectivity index (χ0n) is 11.6. The molecule has 0 amide bonds. The van der Waals surface area contributed by atoms with Crippen molar-refractivity contribution in [1.29, 1.82) is 0 Å². The van der Waals surface area contributed by atoms with Crippen LogP contribution in [0.2, 0.25) is 0 Å². The molecule has 5 atom stereocenters. The third-order valence-electron chi connectivity index (χ3n) is 4.39. The van der Waals surface area contributed by atoms with Crippen molar-refractivity contribution in [1.82, 2.24) is 0 Å². The minimum atomic E-state index is -4.66. The maximum absolute atomic E-state index is 12.2. The zero-order chi connectivity index (χ0) is 16.4. The van der Waals surface area contributed by atoms with E-state index in [1.807, 2.05) is 0 Å². The molecule has 4 rings (SSSR count). The molecule has 3 aliphatic heterocycles. The van der Waals surface area contributed by atoms with E-state index in [9.17, 15) is 22.6 Å². The molecule has 0 aromatic heterocycles. The Balaban J connectivity index is 1.54. The predicted octanol–water partition coefficient (Wildman–Crippen LogP) is -0.171. The van der Waals surface area contributed by atoms with Crippen LogP contribution in [-0.2, 0) is 29.1 Å². The first-order chi connectivity index (χ1) is 10.8. The van der Waals surface area contributed by atoms with E-state index in [-0.39, 0.29) is 17.5 Å². The Morgan fingerprint density at radius 2 is 2.09 bits per heavy atom. The van der Waals surface area contributed by atoms with Crippen LogP contribution >= 0.6 is 0 Å². The monoisotopic (exact) mass is 339 g/mol. The van der Waals surface area contributed by atoms with E-state index in [0.29, 0.717) is 6.42 Å². The van der Waals surface area contributed by atoms with Gasteiger partial charge in [0.25, 0.3) is 0 Å². The van der Waals surface area contributed by atoms with Gasteiger partial charge in [-0.15, -0.1) is 0 Å². The normalized spacial score (nSPS) is 34.5.